The first-order valence-electron chi connectivity index (χ1n) is 8.72. The third-order valence-electron chi connectivity index (χ3n) is 3.68. The molecule has 1 saturated heterocycles. The number of methoxy groups -OCH3 is 1. The molecule has 29 heavy (non-hydrogen) atoms. The van der Waals surface area contributed by atoms with Crippen molar-refractivity contribution in [3.8, 4) is 11.5 Å². The lowest BCUT2D eigenvalue weighted by Gasteiger charge is -2.09. The van der Waals surface area contributed by atoms with Crippen LogP contribution >= 0.6 is 11.8 Å². The number of rotatable bonds is 8. The average Bonchev–Trinajstić information content (AvgIpc) is 3.16. The van der Waals surface area contributed by atoms with Crippen LogP contribution in [0.4, 0.5) is 0 Å². The summed E-state index contributed by atoms with van der Waals surface area (Å²) in [6.07, 6.45) is 1.58. The van der Waals surface area contributed by atoms with Gasteiger partial charge in [0, 0.05) is 0 Å². The van der Waals surface area contributed by atoms with Gasteiger partial charge < -0.3 is 19.5 Å². The molecule has 1 aliphatic heterocycles. The quantitative estimate of drug-likeness (QED) is 0.309. The average molecular weight is 413 g/mol. The second kappa shape index (κ2) is 10.3. The van der Waals surface area contributed by atoms with E-state index in [0.717, 1.165) is 5.56 Å². The van der Waals surface area contributed by atoms with Gasteiger partial charge in [-0.2, -0.15) is 5.10 Å². The third-order valence-corrected chi connectivity index (χ3v) is 4.54. The third kappa shape index (κ3) is 6.35. The van der Waals surface area contributed by atoms with Gasteiger partial charge in [0.05, 0.1) is 24.6 Å². The van der Waals surface area contributed by atoms with E-state index in [-0.39, 0.29) is 5.91 Å². The van der Waals surface area contributed by atoms with Crippen LogP contribution in [-0.4, -0.2) is 49.3 Å². The standard InChI is InChI=1S/C20H19N3O5S/c1-26-19(25)15-5-3-7-17(11-15)28-9-8-27-16-6-2-4-14(10-16)12-21-23-20-22-18(24)13-29-20/h2-7,10-12H,8-9,13H2,1H3,(H,22,23,24). The number of hydrogen-bond acceptors (Lipinski definition) is 8. The first-order valence-corrected chi connectivity index (χ1v) is 9.70. The van der Waals surface area contributed by atoms with Gasteiger partial charge in [0.1, 0.15) is 24.7 Å². The molecule has 0 saturated carbocycles. The molecule has 0 radical (unpaired) electrons. The topological polar surface area (TPSA) is 98.6 Å². The van der Waals surface area contributed by atoms with Crippen molar-refractivity contribution < 1.29 is 23.8 Å². The largest absolute Gasteiger partial charge is 0.490 e. The summed E-state index contributed by atoms with van der Waals surface area (Å²) in [5.41, 5.74) is 1.24. The van der Waals surface area contributed by atoms with Crippen molar-refractivity contribution in [2.75, 3.05) is 26.1 Å². The molecule has 1 fully saturated rings. The van der Waals surface area contributed by atoms with Crippen LogP contribution in [0.1, 0.15) is 15.9 Å². The lowest BCUT2D eigenvalue weighted by molar-refractivity contribution is -0.116. The van der Waals surface area contributed by atoms with Crippen molar-refractivity contribution >= 4 is 35.0 Å². The number of hydrogen-bond donors (Lipinski definition) is 1. The lowest BCUT2D eigenvalue weighted by atomic mass is 10.2. The van der Waals surface area contributed by atoms with Gasteiger partial charge >= 0.3 is 5.97 Å². The molecule has 8 nitrogen and oxygen atoms in total. The van der Waals surface area contributed by atoms with Crippen LogP contribution in [0, 0.1) is 0 Å². The molecule has 0 bridgehead atoms. The first-order chi connectivity index (χ1) is 14.1. The van der Waals surface area contributed by atoms with E-state index < -0.39 is 5.97 Å². The minimum Gasteiger partial charge on any atom is -0.490 e. The van der Waals surface area contributed by atoms with Crippen molar-refractivity contribution in [3.63, 3.8) is 0 Å². The highest BCUT2D eigenvalue weighted by Gasteiger charge is 2.15. The van der Waals surface area contributed by atoms with Gasteiger partial charge in [-0.1, -0.05) is 30.0 Å². The Morgan fingerprint density at radius 2 is 1.86 bits per heavy atom. The van der Waals surface area contributed by atoms with Crippen molar-refractivity contribution in [3.05, 3.63) is 59.7 Å². The van der Waals surface area contributed by atoms with Gasteiger partial charge in [-0.3, -0.25) is 4.79 Å². The molecule has 3 rings (SSSR count). The fourth-order valence-electron chi connectivity index (χ4n) is 2.36. The van der Waals surface area contributed by atoms with Gasteiger partial charge in [0.2, 0.25) is 5.91 Å². The molecule has 1 N–H and O–H groups in total. The maximum Gasteiger partial charge on any atom is 0.337 e. The molecule has 0 unspecified atom stereocenters. The summed E-state index contributed by atoms with van der Waals surface area (Å²) in [6, 6.07) is 14.1. The van der Waals surface area contributed by atoms with Crippen LogP contribution in [0.15, 0.2) is 58.7 Å². The molecular weight excluding hydrogens is 394 g/mol. The molecule has 0 atom stereocenters. The van der Waals surface area contributed by atoms with Crippen LogP contribution in [0.5, 0.6) is 11.5 Å². The Hall–Kier alpha value is -3.33. The Bertz CT molecular complexity index is 945. The van der Waals surface area contributed by atoms with E-state index in [2.05, 4.69) is 15.5 Å². The number of carbonyl (C=O) groups excluding carboxylic acids is 2. The van der Waals surface area contributed by atoms with E-state index in [1.807, 2.05) is 24.3 Å². The maximum absolute atomic E-state index is 11.5. The van der Waals surface area contributed by atoms with Gasteiger partial charge in [0.15, 0.2) is 5.17 Å². The van der Waals surface area contributed by atoms with Crippen LogP contribution in [0.2, 0.25) is 0 Å². The van der Waals surface area contributed by atoms with Crippen LogP contribution in [0.3, 0.4) is 0 Å². The Morgan fingerprint density at radius 1 is 1.14 bits per heavy atom. The van der Waals surface area contributed by atoms with Crippen LogP contribution in [0.25, 0.3) is 0 Å². The Morgan fingerprint density at radius 3 is 2.55 bits per heavy atom. The summed E-state index contributed by atoms with van der Waals surface area (Å²) in [4.78, 5) is 22.6. The smallest absolute Gasteiger partial charge is 0.337 e. The molecule has 0 spiro atoms. The molecule has 2 aromatic carbocycles. The maximum atomic E-state index is 11.5. The zero-order chi connectivity index (χ0) is 20.5. The van der Waals surface area contributed by atoms with E-state index in [4.69, 9.17) is 14.2 Å². The molecule has 1 amide bonds. The predicted octanol–water partition coefficient (Wildman–Crippen LogP) is 2.48. The summed E-state index contributed by atoms with van der Waals surface area (Å²) in [5, 5.41) is 11.0. The second-order valence-electron chi connectivity index (χ2n) is 5.78. The van der Waals surface area contributed by atoms with Crippen LogP contribution < -0.4 is 14.8 Å². The molecule has 0 aliphatic carbocycles. The Balaban J connectivity index is 1.47. The highest BCUT2D eigenvalue weighted by Crippen LogP contribution is 2.15. The number of ether oxygens (including phenoxy) is 3. The van der Waals surface area contributed by atoms with E-state index in [1.165, 1.54) is 18.9 Å². The first kappa shape index (κ1) is 20.4. The minimum atomic E-state index is -0.413. The van der Waals surface area contributed by atoms with Gasteiger partial charge in [-0.05, 0) is 35.9 Å². The molecule has 2 aromatic rings. The van der Waals surface area contributed by atoms with Crippen molar-refractivity contribution in [1.82, 2.24) is 5.32 Å². The van der Waals surface area contributed by atoms with E-state index in [0.29, 0.717) is 41.2 Å². The number of esters is 1. The summed E-state index contributed by atoms with van der Waals surface area (Å²) < 4.78 is 16.0. The highest BCUT2D eigenvalue weighted by atomic mass is 32.2. The molecular formula is C20H19N3O5S. The Kier molecular flexibility index (Phi) is 7.23. The second-order valence-corrected chi connectivity index (χ2v) is 6.74. The fraction of sp³-hybridized carbons (Fsp3) is 0.200. The van der Waals surface area contributed by atoms with E-state index in [9.17, 15) is 9.59 Å². The molecule has 9 heteroatoms. The fourth-order valence-corrected chi connectivity index (χ4v) is 2.99. The van der Waals surface area contributed by atoms with Crippen LogP contribution in [-0.2, 0) is 9.53 Å². The van der Waals surface area contributed by atoms with E-state index >= 15 is 0 Å². The summed E-state index contributed by atoms with van der Waals surface area (Å²) in [7, 11) is 1.33. The zero-order valence-corrected chi connectivity index (χ0v) is 16.5. The van der Waals surface area contributed by atoms with Gasteiger partial charge in [0.25, 0.3) is 0 Å². The summed E-state index contributed by atoms with van der Waals surface area (Å²) in [5.74, 6) is 1.11. The number of benzene rings is 2. The number of carbonyl (C=O) groups is 2. The summed E-state index contributed by atoms with van der Waals surface area (Å²) >= 11 is 1.32. The minimum absolute atomic E-state index is 0.0708. The van der Waals surface area contributed by atoms with Crippen molar-refractivity contribution in [2.45, 2.75) is 0 Å². The number of thioether (sulfide) groups is 1. The number of nitrogens with zero attached hydrogens (tertiary/aromatic N) is 2. The summed E-state index contributed by atoms with van der Waals surface area (Å²) in [6.45, 7) is 0.640. The van der Waals surface area contributed by atoms with E-state index in [1.54, 1.807) is 30.5 Å². The van der Waals surface area contributed by atoms with Crippen molar-refractivity contribution in [2.24, 2.45) is 10.2 Å². The SMILES string of the molecule is COC(=O)c1cccc(OCCOc2cccc(C=NN=C3NC(=O)CS3)c2)c1. The highest BCUT2D eigenvalue weighted by molar-refractivity contribution is 8.15. The van der Waals surface area contributed by atoms with Crippen molar-refractivity contribution in [1.29, 1.82) is 0 Å². The Labute approximate surface area is 171 Å². The number of amides is 1. The molecule has 1 heterocycles. The monoisotopic (exact) mass is 413 g/mol. The number of nitrogens with one attached hydrogen (secondary N) is 1. The zero-order valence-electron chi connectivity index (χ0n) is 15.7. The predicted molar refractivity (Wildman–Crippen MR) is 111 cm³/mol. The lowest BCUT2D eigenvalue weighted by Crippen LogP contribution is -2.19. The molecule has 0 aromatic heterocycles. The van der Waals surface area contributed by atoms with Gasteiger partial charge in [-0.15, -0.1) is 5.10 Å². The molecule has 150 valence electrons. The number of amidine groups is 1. The normalized spacial score (nSPS) is 14.8. The molecule has 1 aliphatic rings. The van der Waals surface area contributed by atoms with Gasteiger partial charge in [-0.25, -0.2) is 4.79 Å².